The predicted octanol–water partition coefficient (Wildman–Crippen LogP) is 3.30. The fourth-order valence-corrected chi connectivity index (χ4v) is 1.99. The molecule has 0 saturated heterocycles. The Bertz CT molecular complexity index is 543. The van der Waals surface area contributed by atoms with Crippen LogP contribution in [0.25, 0.3) is 0 Å². The largest absolute Gasteiger partial charge is 0.492 e. The second-order valence-corrected chi connectivity index (χ2v) is 4.47. The molecule has 0 saturated carbocycles. The van der Waals surface area contributed by atoms with Gasteiger partial charge in [-0.3, -0.25) is 4.90 Å². The lowest BCUT2D eigenvalue weighted by Crippen LogP contribution is -2.41. The molecule has 0 atom stereocenters. The highest BCUT2D eigenvalue weighted by Gasteiger charge is 2.12. The molecule has 0 aliphatic carbocycles. The topological polar surface area (TPSA) is 41.6 Å². The Labute approximate surface area is 125 Å². The van der Waals surface area contributed by atoms with Crippen LogP contribution in [0.5, 0.6) is 5.75 Å². The van der Waals surface area contributed by atoms with Gasteiger partial charge in [-0.1, -0.05) is 36.4 Å². The van der Waals surface area contributed by atoms with Crippen LogP contribution in [0.3, 0.4) is 0 Å². The van der Waals surface area contributed by atoms with Crippen LogP contribution in [0.15, 0.2) is 60.7 Å². The molecule has 0 aliphatic heterocycles. The number of carbonyl (C=O) groups excluding carboxylic acids is 1. The summed E-state index contributed by atoms with van der Waals surface area (Å²) in [5, 5.41) is 2.86. The summed E-state index contributed by atoms with van der Waals surface area (Å²) in [4.78, 5) is 13.8. The molecule has 2 rings (SSSR count). The molecule has 0 spiro atoms. The van der Waals surface area contributed by atoms with Crippen molar-refractivity contribution in [2.45, 2.75) is 6.92 Å². The van der Waals surface area contributed by atoms with Crippen LogP contribution in [-0.4, -0.2) is 25.7 Å². The lowest BCUT2D eigenvalue weighted by atomic mass is 10.3. The molecule has 4 heteroatoms. The minimum atomic E-state index is -0.111. The fraction of sp³-hybridized carbons (Fsp3) is 0.235. The zero-order valence-corrected chi connectivity index (χ0v) is 12.2. The van der Waals surface area contributed by atoms with Gasteiger partial charge in [0, 0.05) is 12.2 Å². The van der Waals surface area contributed by atoms with Crippen molar-refractivity contribution in [3.8, 4) is 5.75 Å². The van der Waals surface area contributed by atoms with Crippen LogP contribution < -0.4 is 15.0 Å². The van der Waals surface area contributed by atoms with Crippen LogP contribution in [0.1, 0.15) is 6.92 Å². The number of carbonyl (C=O) groups is 1. The van der Waals surface area contributed by atoms with Crippen molar-refractivity contribution in [2.75, 3.05) is 24.6 Å². The summed E-state index contributed by atoms with van der Waals surface area (Å²) in [6, 6.07) is 19.1. The molecule has 0 aliphatic rings. The van der Waals surface area contributed by atoms with Crippen molar-refractivity contribution < 1.29 is 9.53 Å². The highest BCUT2D eigenvalue weighted by atomic mass is 16.5. The van der Waals surface area contributed by atoms with Gasteiger partial charge in [0.15, 0.2) is 0 Å². The SMILES string of the molecule is CCN(C(=O)NCCOc1ccccc1)c1ccccc1. The highest BCUT2D eigenvalue weighted by molar-refractivity contribution is 5.91. The van der Waals surface area contributed by atoms with E-state index in [-0.39, 0.29) is 6.03 Å². The summed E-state index contributed by atoms with van der Waals surface area (Å²) in [5.41, 5.74) is 0.890. The summed E-state index contributed by atoms with van der Waals surface area (Å²) in [7, 11) is 0. The summed E-state index contributed by atoms with van der Waals surface area (Å²) < 4.78 is 5.54. The van der Waals surface area contributed by atoms with Crippen LogP contribution in [0.2, 0.25) is 0 Å². The van der Waals surface area contributed by atoms with Crippen molar-refractivity contribution >= 4 is 11.7 Å². The first-order valence-corrected chi connectivity index (χ1v) is 7.09. The van der Waals surface area contributed by atoms with Gasteiger partial charge in [0.25, 0.3) is 0 Å². The van der Waals surface area contributed by atoms with Gasteiger partial charge in [-0.25, -0.2) is 4.79 Å². The molecule has 1 N–H and O–H groups in total. The van der Waals surface area contributed by atoms with Gasteiger partial charge in [0.1, 0.15) is 12.4 Å². The van der Waals surface area contributed by atoms with Gasteiger partial charge in [-0.2, -0.15) is 0 Å². The maximum atomic E-state index is 12.1. The second kappa shape index (κ2) is 7.94. The van der Waals surface area contributed by atoms with E-state index in [2.05, 4.69) is 5.32 Å². The molecule has 4 nitrogen and oxygen atoms in total. The minimum absolute atomic E-state index is 0.111. The number of hydrogen-bond donors (Lipinski definition) is 1. The van der Waals surface area contributed by atoms with Crippen molar-refractivity contribution in [3.63, 3.8) is 0 Å². The molecule has 0 heterocycles. The number of rotatable bonds is 6. The monoisotopic (exact) mass is 284 g/mol. The number of hydrogen-bond acceptors (Lipinski definition) is 2. The average molecular weight is 284 g/mol. The second-order valence-electron chi connectivity index (χ2n) is 4.47. The smallest absolute Gasteiger partial charge is 0.321 e. The first kappa shape index (κ1) is 14.9. The van der Waals surface area contributed by atoms with Gasteiger partial charge in [0.2, 0.25) is 0 Å². The van der Waals surface area contributed by atoms with Crippen LogP contribution in [0.4, 0.5) is 10.5 Å². The molecule has 0 unspecified atom stereocenters. The Hall–Kier alpha value is -2.49. The molecule has 0 fully saturated rings. The third-order valence-electron chi connectivity index (χ3n) is 3.02. The van der Waals surface area contributed by atoms with E-state index in [1.165, 1.54) is 0 Å². The summed E-state index contributed by atoms with van der Waals surface area (Å²) >= 11 is 0. The number of nitrogens with one attached hydrogen (secondary N) is 1. The average Bonchev–Trinajstić information content (AvgIpc) is 2.54. The maximum Gasteiger partial charge on any atom is 0.321 e. The standard InChI is InChI=1S/C17H20N2O2/c1-2-19(15-9-5-3-6-10-15)17(20)18-13-14-21-16-11-7-4-8-12-16/h3-12H,2,13-14H2,1H3,(H,18,20). The first-order chi connectivity index (χ1) is 10.3. The molecule has 21 heavy (non-hydrogen) atoms. The Balaban J connectivity index is 1.78. The molecule has 0 bridgehead atoms. The van der Waals surface area contributed by atoms with E-state index in [0.29, 0.717) is 19.7 Å². The van der Waals surface area contributed by atoms with Crippen molar-refractivity contribution in [1.29, 1.82) is 0 Å². The minimum Gasteiger partial charge on any atom is -0.492 e. The third-order valence-corrected chi connectivity index (χ3v) is 3.02. The predicted molar refractivity (Wildman–Crippen MR) is 84.8 cm³/mol. The summed E-state index contributed by atoms with van der Waals surface area (Å²) in [6.07, 6.45) is 0. The van der Waals surface area contributed by atoms with E-state index in [4.69, 9.17) is 4.74 Å². The zero-order valence-electron chi connectivity index (χ0n) is 12.2. The quantitative estimate of drug-likeness (QED) is 0.827. The highest BCUT2D eigenvalue weighted by Crippen LogP contribution is 2.12. The van der Waals surface area contributed by atoms with E-state index in [1.54, 1.807) is 4.90 Å². The number of nitrogens with zero attached hydrogens (tertiary/aromatic N) is 1. The van der Waals surface area contributed by atoms with Gasteiger partial charge >= 0.3 is 6.03 Å². The number of benzene rings is 2. The molecular weight excluding hydrogens is 264 g/mol. The van der Waals surface area contributed by atoms with Gasteiger partial charge < -0.3 is 10.1 Å². The lowest BCUT2D eigenvalue weighted by Gasteiger charge is -2.21. The van der Waals surface area contributed by atoms with E-state index in [1.807, 2.05) is 67.6 Å². The van der Waals surface area contributed by atoms with E-state index < -0.39 is 0 Å². The number of para-hydroxylation sites is 2. The maximum absolute atomic E-state index is 12.1. The van der Waals surface area contributed by atoms with Crippen LogP contribution >= 0.6 is 0 Å². The van der Waals surface area contributed by atoms with Crippen LogP contribution in [-0.2, 0) is 0 Å². The third kappa shape index (κ3) is 4.53. The molecule has 0 aromatic heterocycles. The summed E-state index contributed by atoms with van der Waals surface area (Å²) in [5.74, 6) is 0.808. The molecule has 2 amide bonds. The van der Waals surface area contributed by atoms with E-state index in [9.17, 15) is 4.79 Å². The Morgan fingerprint density at radius 1 is 1.05 bits per heavy atom. The Kier molecular flexibility index (Phi) is 5.64. The first-order valence-electron chi connectivity index (χ1n) is 7.09. The number of anilines is 1. The number of urea groups is 1. The van der Waals surface area contributed by atoms with Gasteiger partial charge in [-0.15, -0.1) is 0 Å². The van der Waals surface area contributed by atoms with Crippen molar-refractivity contribution in [3.05, 3.63) is 60.7 Å². The van der Waals surface area contributed by atoms with Crippen molar-refractivity contribution in [2.24, 2.45) is 0 Å². The Morgan fingerprint density at radius 3 is 2.29 bits per heavy atom. The lowest BCUT2D eigenvalue weighted by molar-refractivity contribution is 0.242. The molecule has 0 radical (unpaired) electrons. The molecule has 2 aromatic rings. The molecular formula is C17H20N2O2. The molecule has 2 aromatic carbocycles. The normalized spacial score (nSPS) is 9.95. The van der Waals surface area contributed by atoms with Crippen molar-refractivity contribution in [1.82, 2.24) is 5.32 Å². The van der Waals surface area contributed by atoms with Gasteiger partial charge in [-0.05, 0) is 31.2 Å². The van der Waals surface area contributed by atoms with E-state index >= 15 is 0 Å². The number of amides is 2. The van der Waals surface area contributed by atoms with Crippen LogP contribution in [0, 0.1) is 0 Å². The van der Waals surface area contributed by atoms with E-state index in [0.717, 1.165) is 11.4 Å². The summed E-state index contributed by atoms with van der Waals surface area (Å²) in [6.45, 7) is 3.49. The molecule has 110 valence electrons. The number of ether oxygens (including phenoxy) is 1. The Morgan fingerprint density at radius 2 is 1.67 bits per heavy atom. The zero-order chi connectivity index (χ0) is 14.9. The fourth-order valence-electron chi connectivity index (χ4n) is 1.99. The van der Waals surface area contributed by atoms with Gasteiger partial charge in [0.05, 0.1) is 6.54 Å².